The van der Waals surface area contributed by atoms with Crippen LogP contribution in [0.3, 0.4) is 0 Å². The minimum Gasteiger partial charge on any atom is -0.379 e. The van der Waals surface area contributed by atoms with Gasteiger partial charge in [0.15, 0.2) is 5.96 Å². The number of rotatable bonds is 11. The van der Waals surface area contributed by atoms with Gasteiger partial charge in [0.05, 0.1) is 12.4 Å². The normalized spacial score (nSPS) is 19.2. The summed E-state index contributed by atoms with van der Waals surface area (Å²) in [5.41, 5.74) is 0. The number of guanidine groups is 1. The van der Waals surface area contributed by atoms with E-state index in [2.05, 4.69) is 15.0 Å². The molecule has 2 fully saturated rings. The standard InChI is InChI=1S/C16H32N4O3S/c1-17-16(20(2)9-10-23-13-15-6-7-15)18-8-11-24(21,22)19-12-14-4-3-5-14/h14-15,19H,3-13H2,1-2H3,(H,17,18). The van der Waals surface area contributed by atoms with Crippen LogP contribution >= 0.6 is 0 Å². The molecule has 2 rings (SSSR count). The molecule has 24 heavy (non-hydrogen) atoms. The Labute approximate surface area is 146 Å². The maximum atomic E-state index is 12.0. The van der Waals surface area contributed by atoms with Gasteiger partial charge in [-0.2, -0.15) is 0 Å². The van der Waals surface area contributed by atoms with Crippen molar-refractivity contribution in [3.8, 4) is 0 Å². The molecule has 140 valence electrons. The van der Waals surface area contributed by atoms with Crippen LogP contribution in [0.4, 0.5) is 0 Å². The van der Waals surface area contributed by atoms with E-state index >= 15 is 0 Å². The van der Waals surface area contributed by atoms with Crippen LogP contribution in [0.5, 0.6) is 0 Å². The monoisotopic (exact) mass is 360 g/mol. The van der Waals surface area contributed by atoms with Gasteiger partial charge in [-0.05, 0) is 37.5 Å². The molecule has 8 heteroatoms. The Balaban J connectivity index is 1.58. The van der Waals surface area contributed by atoms with Crippen LogP contribution in [-0.4, -0.2) is 72.0 Å². The second-order valence-corrected chi connectivity index (χ2v) is 8.80. The van der Waals surface area contributed by atoms with E-state index in [-0.39, 0.29) is 5.75 Å². The highest BCUT2D eigenvalue weighted by Crippen LogP contribution is 2.28. The number of sulfonamides is 1. The molecule has 0 aromatic heterocycles. The quantitative estimate of drug-likeness (QED) is 0.321. The predicted octanol–water partition coefficient (Wildman–Crippen LogP) is 0.640. The summed E-state index contributed by atoms with van der Waals surface area (Å²) in [7, 11) is 0.415. The number of ether oxygens (including phenoxy) is 1. The van der Waals surface area contributed by atoms with Crippen LogP contribution in [0.2, 0.25) is 0 Å². The third-order valence-corrected chi connectivity index (χ3v) is 6.01. The molecule has 0 atom stereocenters. The Morgan fingerprint density at radius 2 is 2.00 bits per heavy atom. The molecule has 0 bridgehead atoms. The lowest BCUT2D eigenvalue weighted by Gasteiger charge is -2.25. The lowest BCUT2D eigenvalue weighted by atomic mass is 9.86. The first-order chi connectivity index (χ1) is 11.5. The van der Waals surface area contributed by atoms with Crippen molar-refractivity contribution in [3.05, 3.63) is 0 Å². The van der Waals surface area contributed by atoms with Gasteiger partial charge in [-0.3, -0.25) is 4.99 Å². The maximum absolute atomic E-state index is 12.0. The first kappa shape index (κ1) is 19.5. The second kappa shape index (κ2) is 9.58. The number of likely N-dealkylation sites (N-methyl/N-ethyl adjacent to an activating group) is 1. The van der Waals surface area contributed by atoms with Crippen molar-refractivity contribution in [1.82, 2.24) is 14.9 Å². The smallest absolute Gasteiger partial charge is 0.213 e. The second-order valence-electron chi connectivity index (χ2n) is 6.88. The lowest BCUT2D eigenvalue weighted by Crippen LogP contribution is -2.43. The molecule has 0 saturated heterocycles. The van der Waals surface area contributed by atoms with E-state index in [0.717, 1.165) is 31.9 Å². The summed E-state index contributed by atoms with van der Waals surface area (Å²) in [6.45, 7) is 3.17. The van der Waals surface area contributed by atoms with Gasteiger partial charge >= 0.3 is 0 Å². The Morgan fingerprint density at radius 3 is 2.58 bits per heavy atom. The van der Waals surface area contributed by atoms with Crippen molar-refractivity contribution < 1.29 is 13.2 Å². The third kappa shape index (κ3) is 7.36. The van der Waals surface area contributed by atoms with Crippen molar-refractivity contribution >= 4 is 16.0 Å². The molecule has 2 aliphatic carbocycles. The number of aliphatic imine (C=N–C) groups is 1. The first-order valence-corrected chi connectivity index (χ1v) is 10.6. The van der Waals surface area contributed by atoms with Gasteiger partial charge in [-0.15, -0.1) is 0 Å². The Morgan fingerprint density at radius 1 is 1.25 bits per heavy atom. The molecular formula is C16H32N4O3S. The van der Waals surface area contributed by atoms with Gasteiger partial charge in [-0.25, -0.2) is 13.1 Å². The molecule has 2 saturated carbocycles. The van der Waals surface area contributed by atoms with Gasteiger partial charge in [0, 0.05) is 40.3 Å². The lowest BCUT2D eigenvalue weighted by molar-refractivity contribution is 0.115. The SMILES string of the molecule is CN=C(NCCS(=O)(=O)NCC1CCC1)N(C)CCOCC1CC1. The molecule has 7 nitrogen and oxygen atoms in total. The van der Waals surface area contributed by atoms with Crippen molar-refractivity contribution in [2.45, 2.75) is 32.1 Å². The van der Waals surface area contributed by atoms with E-state index in [1.165, 1.54) is 19.3 Å². The van der Waals surface area contributed by atoms with Crippen molar-refractivity contribution in [1.29, 1.82) is 0 Å². The summed E-state index contributed by atoms with van der Waals surface area (Å²) in [5, 5.41) is 3.10. The molecule has 2 aliphatic rings. The highest BCUT2D eigenvalue weighted by molar-refractivity contribution is 7.89. The van der Waals surface area contributed by atoms with E-state index in [9.17, 15) is 8.42 Å². The molecule has 0 spiro atoms. The number of nitrogens with zero attached hydrogens (tertiary/aromatic N) is 2. The molecule has 2 N–H and O–H groups in total. The first-order valence-electron chi connectivity index (χ1n) is 8.97. The molecule has 0 radical (unpaired) electrons. The summed E-state index contributed by atoms with van der Waals surface area (Å²) in [6.07, 6.45) is 6.09. The van der Waals surface area contributed by atoms with Gasteiger partial charge in [0.25, 0.3) is 0 Å². The van der Waals surface area contributed by atoms with Crippen molar-refractivity contribution in [2.24, 2.45) is 16.8 Å². The number of nitrogens with one attached hydrogen (secondary N) is 2. The van der Waals surface area contributed by atoms with Crippen molar-refractivity contribution in [3.63, 3.8) is 0 Å². The molecule has 0 unspecified atom stereocenters. The Bertz CT molecular complexity index is 501. The van der Waals surface area contributed by atoms with E-state index in [0.29, 0.717) is 31.6 Å². The van der Waals surface area contributed by atoms with Crippen LogP contribution in [0, 0.1) is 11.8 Å². The molecule has 0 aromatic rings. The van der Waals surface area contributed by atoms with Crippen LogP contribution in [0.15, 0.2) is 4.99 Å². The van der Waals surface area contributed by atoms with E-state index < -0.39 is 10.0 Å². The summed E-state index contributed by atoms with van der Waals surface area (Å²) in [6, 6.07) is 0. The van der Waals surface area contributed by atoms with Gasteiger partial charge in [-0.1, -0.05) is 6.42 Å². The summed E-state index contributed by atoms with van der Waals surface area (Å²) in [5.74, 6) is 2.05. The highest BCUT2D eigenvalue weighted by Gasteiger charge is 2.21. The van der Waals surface area contributed by atoms with E-state index in [4.69, 9.17) is 4.74 Å². The molecule has 0 aliphatic heterocycles. The zero-order valence-electron chi connectivity index (χ0n) is 15.0. The van der Waals surface area contributed by atoms with Gasteiger partial charge in [0.1, 0.15) is 0 Å². The minimum atomic E-state index is -3.22. The van der Waals surface area contributed by atoms with Crippen LogP contribution < -0.4 is 10.0 Å². The molecule has 0 heterocycles. The minimum absolute atomic E-state index is 0.0603. The number of hydrogen-bond acceptors (Lipinski definition) is 4. The zero-order chi connectivity index (χ0) is 17.4. The highest BCUT2D eigenvalue weighted by atomic mass is 32.2. The van der Waals surface area contributed by atoms with E-state index in [1.807, 2.05) is 11.9 Å². The fourth-order valence-corrected chi connectivity index (χ4v) is 3.54. The molecule has 0 amide bonds. The largest absolute Gasteiger partial charge is 0.379 e. The van der Waals surface area contributed by atoms with Gasteiger partial charge in [0.2, 0.25) is 10.0 Å². The molecule has 0 aromatic carbocycles. The number of hydrogen-bond donors (Lipinski definition) is 2. The fraction of sp³-hybridized carbons (Fsp3) is 0.938. The van der Waals surface area contributed by atoms with Crippen LogP contribution in [0.1, 0.15) is 32.1 Å². The fourth-order valence-electron chi connectivity index (χ4n) is 2.54. The average molecular weight is 361 g/mol. The van der Waals surface area contributed by atoms with Gasteiger partial charge < -0.3 is 15.0 Å². The summed E-state index contributed by atoms with van der Waals surface area (Å²) >= 11 is 0. The Hall–Kier alpha value is -0.860. The Kier molecular flexibility index (Phi) is 7.77. The van der Waals surface area contributed by atoms with Crippen LogP contribution in [-0.2, 0) is 14.8 Å². The maximum Gasteiger partial charge on any atom is 0.213 e. The molecular weight excluding hydrogens is 328 g/mol. The van der Waals surface area contributed by atoms with Crippen molar-refractivity contribution in [2.75, 3.05) is 52.7 Å². The predicted molar refractivity (Wildman–Crippen MR) is 96.7 cm³/mol. The third-order valence-electron chi connectivity index (χ3n) is 4.67. The van der Waals surface area contributed by atoms with Crippen LogP contribution in [0.25, 0.3) is 0 Å². The zero-order valence-corrected chi connectivity index (χ0v) is 15.8. The van der Waals surface area contributed by atoms with E-state index in [1.54, 1.807) is 7.05 Å². The summed E-state index contributed by atoms with van der Waals surface area (Å²) in [4.78, 5) is 6.15. The topological polar surface area (TPSA) is 83.0 Å². The summed E-state index contributed by atoms with van der Waals surface area (Å²) < 4.78 is 32.3. The average Bonchev–Trinajstić information content (AvgIpc) is 3.30.